The maximum atomic E-state index is 5.41. The van der Waals surface area contributed by atoms with Crippen molar-refractivity contribution in [3.05, 3.63) is 0 Å². The van der Waals surface area contributed by atoms with Gasteiger partial charge in [-0.05, 0) is 12.8 Å². The van der Waals surface area contributed by atoms with E-state index in [1.54, 1.807) is 0 Å². The van der Waals surface area contributed by atoms with Crippen molar-refractivity contribution in [3.8, 4) is 0 Å². The van der Waals surface area contributed by atoms with Gasteiger partial charge in [0.15, 0.2) is 11.8 Å². The zero-order valence-electron chi connectivity index (χ0n) is 5.26. The van der Waals surface area contributed by atoms with Crippen LogP contribution in [-0.4, -0.2) is 6.16 Å². The van der Waals surface area contributed by atoms with Gasteiger partial charge in [0.25, 0.3) is 6.85 Å². The number of unbranched alkanes of at least 4 members (excludes halogenated alkanes) is 2. The van der Waals surface area contributed by atoms with E-state index in [4.69, 9.17) is 17.3 Å². The molecule has 0 fully saturated rings. The van der Waals surface area contributed by atoms with Crippen LogP contribution in [0.1, 0.15) is 26.2 Å². The van der Waals surface area contributed by atoms with E-state index in [0.29, 0.717) is 0 Å². The highest BCUT2D eigenvalue weighted by molar-refractivity contribution is 8.04. The average molecular weight is 150 g/mol. The van der Waals surface area contributed by atoms with Crippen LogP contribution in [0, 0.1) is 0 Å². The average Bonchev–Trinajstić information content (AvgIpc) is 1.66. The van der Waals surface area contributed by atoms with Crippen LogP contribution in [-0.2, 0) is 11.8 Å². The van der Waals surface area contributed by atoms with Gasteiger partial charge < -0.3 is 0 Å². The number of nitrogens with two attached hydrogens (primary N) is 1. The van der Waals surface area contributed by atoms with E-state index in [1.807, 2.05) is 0 Å². The summed E-state index contributed by atoms with van der Waals surface area (Å²) in [6, 6.07) is 0. The molecule has 0 saturated heterocycles. The SMILES string of the molecule is CCCCC[P+](N)=S. The van der Waals surface area contributed by atoms with Crippen LogP contribution in [0.4, 0.5) is 0 Å². The van der Waals surface area contributed by atoms with Crippen LogP contribution < -0.4 is 5.50 Å². The zero-order valence-corrected chi connectivity index (χ0v) is 6.97. The fourth-order valence-electron chi connectivity index (χ4n) is 0.518. The lowest BCUT2D eigenvalue weighted by Gasteiger charge is -1.85. The summed E-state index contributed by atoms with van der Waals surface area (Å²) in [6.45, 7) is 1.65. The maximum Gasteiger partial charge on any atom is 0.261 e. The molecule has 1 nitrogen and oxygen atoms in total. The lowest BCUT2D eigenvalue weighted by atomic mass is 10.3. The Morgan fingerprint density at radius 2 is 2.12 bits per heavy atom. The van der Waals surface area contributed by atoms with Gasteiger partial charge in [-0.25, -0.2) is 0 Å². The maximum absolute atomic E-state index is 5.41. The first-order valence-electron chi connectivity index (χ1n) is 2.96. The van der Waals surface area contributed by atoms with Crippen LogP contribution in [0.2, 0.25) is 0 Å². The summed E-state index contributed by atoms with van der Waals surface area (Å²) in [5.41, 5.74) is 5.41. The van der Waals surface area contributed by atoms with Crippen molar-refractivity contribution in [2.75, 3.05) is 6.16 Å². The molecule has 0 heterocycles. The Balaban J connectivity index is 2.82. The minimum Gasteiger partial charge on any atom is -0.146 e. The predicted molar refractivity (Wildman–Crippen MR) is 42.9 cm³/mol. The van der Waals surface area contributed by atoms with Crippen molar-refractivity contribution in [1.29, 1.82) is 0 Å². The topological polar surface area (TPSA) is 26.0 Å². The molecule has 0 aliphatic carbocycles. The first kappa shape index (κ1) is 8.48. The van der Waals surface area contributed by atoms with Crippen LogP contribution >= 0.6 is 6.85 Å². The van der Waals surface area contributed by atoms with Crippen LogP contribution in [0.25, 0.3) is 0 Å². The van der Waals surface area contributed by atoms with Crippen molar-refractivity contribution in [2.24, 2.45) is 5.50 Å². The minimum absolute atomic E-state index is 0.529. The Morgan fingerprint density at radius 1 is 1.50 bits per heavy atom. The van der Waals surface area contributed by atoms with Gasteiger partial charge in [-0.1, -0.05) is 13.3 Å². The smallest absolute Gasteiger partial charge is 0.146 e. The summed E-state index contributed by atoms with van der Waals surface area (Å²) < 4.78 is 0. The predicted octanol–water partition coefficient (Wildman–Crippen LogP) is 1.99. The highest BCUT2D eigenvalue weighted by Crippen LogP contribution is 2.11. The summed E-state index contributed by atoms with van der Waals surface area (Å²) in [6.07, 6.45) is 4.84. The summed E-state index contributed by atoms with van der Waals surface area (Å²) >= 11 is 4.83. The first-order chi connectivity index (χ1) is 3.77. The third kappa shape index (κ3) is 6.48. The van der Waals surface area contributed by atoms with Gasteiger partial charge in [0, 0.05) is 0 Å². The standard InChI is InChI=1S/C5H13NPS/c1-2-3-4-5-7(6)8/h2-5H2,1H3,(H2,6,8)/q+1. The fraction of sp³-hybridized carbons (Fsp3) is 1.00. The molecule has 8 heavy (non-hydrogen) atoms. The van der Waals surface area contributed by atoms with Crippen molar-refractivity contribution in [1.82, 2.24) is 0 Å². The molecule has 0 radical (unpaired) electrons. The van der Waals surface area contributed by atoms with E-state index in [-0.39, 0.29) is 0 Å². The zero-order chi connectivity index (χ0) is 6.41. The second-order valence-corrected chi connectivity index (χ2v) is 4.54. The third-order valence-electron chi connectivity index (χ3n) is 0.982. The Kier molecular flexibility index (Phi) is 5.95. The Morgan fingerprint density at radius 3 is 2.50 bits per heavy atom. The molecule has 0 aromatic heterocycles. The van der Waals surface area contributed by atoms with Gasteiger partial charge in [-0.2, -0.15) is 0 Å². The lowest BCUT2D eigenvalue weighted by Crippen LogP contribution is -1.84. The summed E-state index contributed by atoms with van der Waals surface area (Å²) in [4.78, 5) is 0. The molecule has 0 aliphatic heterocycles. The van der Waals surface area contributed by atoms with Crippen molar-refractivity contribution < 1.29 is 0 Å². The minimum atomic E-state index is -0.529. The molecule has 48 valence electrons. The van der Waals surface area contributed by atoms with Gasteiger partial charge in [0.2, 0.25) is 0 Å². The van der Waals surface area contributed by atoms with Crippen LogP contribution in [0.15, 0.2) is 0 Å². The Bertz CT molecular complexity index is 74.8. The molecule has 0 aliphatic rings. The van der Waals surface area contributed by atoms with Crippen molar-refractivity contribution in [2.45, 2.75) is 26.2 Å². The van der Waals surface area contributed by atoms with Gasteiger partial charge in [0.05, 0.1) is 0 Å². The Labute approximate surface area is 57.1 Å². The molecule has 3 heteroatoms. The molecule has 1 unspecified atom stereocenters. The van der Waals surface area contributed by atoms with Gasteiger partial charge >= 0.3 is 0 Å². The molecule has 0 rings (SSSR count). The summed E-state index contributed by atoms with van der Waals surface area (Å²) in [5, 5.41) is 0. The second-order valence-electron chi connectivity index (χ2n) is 1.85. The molecular weight excluding hydrogens is 137 g/mol. The molecule has 0 spiro atoms. The normalized spacial score (nSPS) is 11.5. The van der Waals surface area contributed by atoms with Crippen LogP contribution in [0.3, 0.4) is 0 Å². The molecule has 0 aromatic rings. The molecule has 0 aromatic carbocycles. The molecular formula is C5H13NPS+. The van der Waals surface area contributed by atoms with Crippen molar-refractivity contribution in [3.63, 3.8) is 0 Å². The van der Waals surface area contributed by atoms with E-state index in [9.17, 15) is 0 Å². The number of hydrogen-bond acceptors (Lipinski definition) is 1. The highest BCUT2D eigenvalue weighted by Gasteiger charge is 1.98. The molecule has 2 N–H and O–H groups in total. The van der Waals surface area contributed by atoms with E-state index >= 15 is 0 Å². The highest BCUT2D eigenvalue weighted by atomic mass is 32.4. The summed E-state index contributed by atoms with van der Waals surface area (Å²) in [5.74, 6) is 0. The van der Waals surface area contributed by atoms with E-state index in [0.717, 1.165) is 6.16 Å². The Hall–Kier alpha value is 0.480. The van der Waals surface area contributed by atoms with Crippen molar-refractivity contribution >= 4 is 18.7 Å². The third-order valence-corrected chi connectivity index (χ3v) is 2.29. The van der Waals surface area contributed by atoms with E-state index in [1.165, 1.54) is 19.3 Å². The first-order valence-corrected chi connectivity index (χ1v) is 5.57. The van der Waals surface area contributed by atoms with Gasteiger partial charge in [0.1, 0.15) is 6.16 Å². The molecule has 0 amide bonds. The lowest BCUT2D eigenvalue weighted by molar-refractivity contribution is 0.777. The van der Waals surface area contributed by atoms with Gasteiger partial charge in [-0.15, -0.1) is 5.50 Å². The molecule has 0 bridgehead atoms. The van der Waals surface area contributed by atoms with E-state index in [2.05, 4.69) is 6.92 Å². The van der Waals surface area contributed by atoms with Gasteiger partial charge in [-0.3, -0.25) is 0 Å². The number of hydrogen-bond donors (Lipinski definition) is 1. The molecule has 1 atom stereocenters. The van der Waals surface area contributed by atoms with E-state index < -0.39 is 6.85 Å². The van der Waals surface area contributed by atoms with Crippen LogP contribution in [0.5, 0.6) is 0 Å². The quantitative estimate of drug-likeness (QED) is 0.490. The monoisotopic (exact) mass is 150 g/mol. The summed E-state index contributed by atoms with van der Waals surface area (Å²) in [7, 11) is 0. The largest absolute Gasteiger partial charge is 0.261 e. The number of rotatable bonds is 4. The second kappa shape index (κ2) is 5.61. The molecule has 0 saturated carbocycles. The fourth-order valence-corrected chi connectivity index (χ4v) is 1.44.